The molecule has 0 radical (unpaired) electrons. The fraction of sp³-hybridized carbons (Fsp3) is 0.533. The van der Waals surface area contributed by atoms with Crippen molar-refractivity contribution in [3.8, 4) is 5.75 Å². The molecule has 8 heteroatoms. The fourth-order valence-corrected chi connectivity index (χ4v) is 2.60. The monoisotopic (exact) mass is 328 g/mol. The van der Waals surface area contributed by atoms with Crippen LogP contribution in [0, 0.1) is 0 Å². The molecule has 0 spiro atoms. The number of hydrogen-bond donors (Lipinski definition) is 1. The van der Waals surface area contributed by atoms with Crippen molar-refractivity contribution in [1.82, 2.24) is 9.88 Å². The smallest absolute Gasteiger partial charge is 0.354 e. The first-order chi connectivity index (χ1) is 10.7. The van der Waals surface area contributed by atoms with Crippen LogP contribution in [0.4, 0.5) is 8.78 Å². The molecule has 1 fully saturated rings. The topological polar surface area (TPSA) is 79.7 Å². The minimum atomic E-state index is -2.68. The number of nitrogens with zero attached hydrogens (tertiary/aromatic N) is 2. The van der Waals surface area contributed by atoms with Crippen LogP contribution in [-0.2, 0) is 0 Å². The van der Waals surface area contributed by atoms with E-state index >= 15 is 0 Å². The lowest BCUT2D eigenvalue weighted by Gasteiger charge is -2.34. The van der Waals surface area contributed by atoms with Gasteiger partial charge in [-0.05, 0) is 12.8 Å². The number of carbonyl (C=O) groups is 2. The maximum Gasteiger partial charge on any atom is 0.354 e. The first kappa shape index (κ1) is 17.1. The van der Waals surface area contributed by atoms with Crippen molar-refractivity contribution < 1.29 is 28.2 Å². The van der Waals surface area contributed by atoms with Crippen molar-refractivity contribution >= 4 is 11.9 Å². The van der Waals surface area contributed by atoms with Gasteiger partial charge in [-0.1, -0.05) is 0 Å². The Morgan fingerprint density at radius 3 is 2.39 bits per heavy atom. The molecule has 126 valence electrons. The summed E-state index contributed by atoms with van der Waals surface area (Å²) in [6.45, 7) is 0. The summed E-state index contributed by atoms with van der Waals surface area (Å²) < 4.78 is 31.4. The normalized spacial score (nSPS) is 17.6. The number of ether oxygens (including phenoxy) is 1. The van der Waals surface area contributed by atoms with Gasteiger partial charge in [-0.2, -0.15) is 0 Å². The minimum absolute atomic E-state index is 0.0819. The molecule has 0 aromatic carbocycles. The van der Waals surface area contributed by atoms with E-state index in [9.17, 15) is 18.4 Å². The van der Waals surface area contributed by atoms with E-state index in [2.05, 4.69) is 4.98 Å². The number of carbonyl (C=O) groups excluding carboxylic acids is 1. The van der Waals surface area contributed by atoms with E-state index in [1.165, 1.54) is 31.2 Å². The van der Waals surface area contributed by atoms with Gasteiger partial charge in [-0.15, -0.1) is 0 Å². The number of methoxy groups -OCH3 is 1. The molecule has 1 aliphatic carbocycles. The molecule has 0 aliphatic heterocycles. The molecule has 0 unspecified atom stereocenters. The van der Waals surface area contributed by atoms with Crippen molar-refractivity contribution in [2.45, 2.75) is 37.6 Å². The van der Waals surface area contributed by atoms with Crippen molar-refractivity contribution in [2.24, 2.45) is 0 Å². The summed E-state index contributed by atoms with van der Waals surface area (Å²) in [7, 11) is 2.86. The molecule has 1 heterocycles. The van der Waals surface area contributed by atoms with E-state index in [1.807, 2.05) is 0 Å². The van der Waals surface area contributed by atoms with Crippen LogP contribution in [-0.4, -0.2) is 53.0 Å². The predicted molar refractivity (Wildman–Crippen MR) is 77.0 cm³/mol. The van der Waals surface area contributed by atoms with Crippen LogP contribution in [0.15, 0.2) is 12.1 Å². The Bertz CT molecular complexity index is 611. The number of aromatic nitrogens is 1. The lowest BCUT2D eigenvalue weighted by atomic mass is 9.91. The highest BCUT2D eigenvalue weighted by atomic mass is 19.3. The highest BCUT2D eigenvalue weighted by Gasteiger charge is 2.37. The first-order valence-corrected chi connectivity index (χ1v) is 7.18. The number of alkyl halides is 2. The molecule has 1 aliphatic rings. The number of amides is 1. The van der Waals surface area contributed by atoms with Gasteiger partial charge in [0.1, 0.15) is 11.4 Å². The summed E-state index contributed by atoms with van der Waals surface area (Å²) in [4.78, 5) is 28.7. The summed E-state index contributed by atoms with van der Waals surface area (Å²) in [5, 5.41) is 9.03. The van der Waals surface area contributed by atoms with Gasteiger partial charge in [0.2, 0.25) is 5.92 Å². The average molecular weight is 328 g/mol. The number of carboxylic acids is 1. The Kier molecular flexibility index (Phi) is 4.82. The summed E-state index contributed by atoms with van der Waals surface area (Å²) in [6.07, 6.45) is -0.127. The zero-order valence-electron chi connectivity index (χ0n) is 12.9. The van der Waals surface area contributed by atoms with Crippen molar-refractivity contribution in [1.29, 1.82) is 0 Å². The Balaban J connectivity index is 2.19. The highest BCUT2D eigenvalue weighted by molar-refractivity contribution is 5.95. The van der Waals surface area contributed by atoms with Crippen LogP contribution >= 0.6 is 0 Å². The summed E-state index contributed by atoms with van der Waals surface area (Å²) in [6, 6.07) is 2.23. The van der Waals surface area contributed by atoms with Crippen molar-refractivity contribution in [2.75, 3.05) is 14.2 Å². The Morgan fingerprint density at radius 1 is 1.30 bits per heavy atom. The quantitative estimate of drug-likeness (QED) is 0.918. The molecular formula is C15H18F2N2O4. The van der Waals surface area contributed by atoms with E-state index in [1.54, 1.807) is 0 Å². The summed E-state index contributed by atoms with van der Waals surface area (Å²) in [5.41, 5.74) is -0.391. The Labute approximate surface area is 132 Å². The zero-order valence-corrected chi connectivity index (χ0v) is 12.9. The number of pyridine rings is 1. The van der Waals surface area contributed by atoms with Crippen LogP contribution in [0.5, 0.6) is 5.75 Å². The van der Waals surface area contributed by atoms with E-state index in [-0.39, 0.29) is 48.9 Å². The molecule has 1 amide bonds. The predicted octanol–water partition coefficient (Wildman–Crippen LogP) is 2.44. The lowest BCUT2D eigenvalue weighted by Crippen LogP contribution is -2.42. The SMILES string of the molecule is COc1cc(C(=O)O)nc(C(=O)N(C)C2CCC(F)(F)CC2)c1. The van der Waals surface area contributed by atoms with Crippen LogP contribution in [0.2, 0.25) is 0 Å². The maximum absolute atomic E-state index is 13.2. The highest BCUT2D eigenvalue weighted by Crippen LogP contribution is 2.35. The van der Waals surface area contributed by atoms with Crippen molar-refractivity contribution in [3.05, 3.63) is 23.5 Å². The molecule has 1 saturated carbocycles. The molecule has 2 rings (SSSR count). The molecule has 6 nitrogen and oxygen atoms in total. The van der Waals surface area contributed by atoms with Crippen LogP contribution in [0.3, 0.4) is 0 Å². The van der Waals surface area contributed by atoms with Gasteiger partial charge in [0.15, 0.2) is 5.69 Å². The molecule has 0 bridgehead atoms. The van der Waals surface area contributed by atoms with E-state index in [4.69, 9.17) is 9.84 Å². The second-order valence-electron chi connectivity index (χ2n) is 5.59. The fourth-order valence-electron chi connectivity index (χ4n) is 2.60. The van der Waals surface area contributed by atoms with Gasteiger partial charge in [0.05, 0.1) is 7.11 Å². The van der Waals surface area contributed by atoms with E-state index in [0.29, 0.717) is 0 Å². The third-order valence-corrected chi connectivity index (χ3v) is 4.03. The Hall–Kier alpha value is -2.25. The molecule has 1 aromatic rings. The molecule has 23 heavy (non-hydrogen) atoms. The van der Waals surface area contributed by atoms with Gasteiger partial charge in [0, 0.05) is 38.1 Å². The van der Waals surface area contributed by atoms with E-state index in [0.717, 1.165) is 0 Å². The number of carboxylic acid groups (broad SMARTS) is 1. The summed E-state index contributed by atoms with van der Waals surface area (Å²) in [5.74, 6) is -4.27. The molecule has 1 N–H and O–H groups in total. The second-order valence-corrected chi connectivity index (χ2v) is 5.59. The van der Waals surface area contributed by atoms with Crippen LogP contribution in [0.25, 0.3) is 0 Å². The van der Waals surface area contributed by atoms with Gasteiger partial charge >= 0.3 is 5.97 Å². The van der Waals surface area contributed by atoms with Gasteiger partial charge in [0.25, 0.3) is 5.91 Å². The third kappa shape index (κ3) is 3.94. The zero-order chi connectivity index (χ0) is 17.2. The largest absolute Gasteiger partial charge is 0.497 e. The summed E-state index contributed by atoms with van der Waals surface area (Å²) >= 11 is 0. The first-order valence-electron chi connectivity index (χ1n) is 7.18. The van der Waals surface area contributed by atoms with Crippen LogP contribution in [0.1, 0.15) is 46.7 Å². The number of hydrogen-bond acceptors (Lipinski definition) is 4. The van der Waals surface area contributed by atoms with Gasteiger partial charge < -0.3 is 14.7 Å². The average Bonchev–Trinajstić information content (AvgIpc) is 2.52. The number of rotatable bonds is 4. The minimum Gasteiger partial charge on any atom is -0.497 e. The molecular weight excluding hydrogens is 310 g/mol. The van der Waals surface area contributed by atoms with Gasteiger partial charge in [-0.3, -0.25) is 4.79 Å². The van der Waals surface area contributed by atoms with Crippen molar-refractivity contribution in [3.63, 3.8) is 0 Å². The standard InChI is InChI=1S/C15H18F2N2O4/c1-19(9-3-5-15(16,17)6-4-9)13(20)11-7-10(23-2)8-12(18-11)14(21)22/h7-9H,3-6H2,1-2H3,(H,21,22). The van der Waals surface area contributed by atoms with Gasteiger partial charge in [-0.25, -0.2) is 18.6 Å². The second kappa shape index (κ2) is 6.47. The molecule has 0 atom stereocenters. The lowest BCUT2D eigenvalue weighted by molar-refractivity contribution is -0.0491. The number of halogens is 2. The number of aromatic carboxylic acids is 1. The van der Waals surface area contributed by atoms with E-state index < -0.39 is 17.8 Å². The Morgan fingerprint density at radius 2 is 1.87 bits per heavy atom. The maximum atomic E-state index is 13.2. The molecule has 0 saturated heterocycles. The molecule has 1 aromatic heterocycles. The van der Waals surface area contributed by atoms with Crippen LogP contribution < -0.4 is 4.74 Å². The third-order valence-electron chi connectivity index (χ3n) is 4.03.